The van der Waals surface area contributed by atoms with Gasteiger partial charge in [-0.25, -0.2) is 38.6 Å². The summed E-state index contributed by atoms with van der Waals surface area (Å²) in [4.78, 5) is -6.96. The third kappa shape index (κ3) is 6.08. The Kier molecular flexibility index (Phi) is 9.58. The van der Waals surface area contributed by atoms with E-state index < -0.39 is 140 Å². The van der Waals surface area contributed by atoms with Crippen LogP contribution in [0, 0.1) is 23.3 Å². The lowest BCUT2D eigenvalue weighted by Crippen LogP contribution is -2.52. The van der Waals surface area contributed by atoms with Crippen molar-refractivity contribution in [2.45, 2.75) is 35.7 Å². The number of hydrogen-bond acceptors (Lipinski definition) is 10. The summed E-state index contributed by atoms with van der Waals surface area (Å²) >= 11 is -5.09. The first-order valence-corrected chi connectivity index (χ1v) is 16.7. The molecule has 0 fully saturated rings. The molecule has 0 aromatic heterocycles. The van der Waals surface area contributed by atoms with Crippen molar-refractivity contribution in [1.82, 2.24) is 0 Å². The summed E-state index contributed by atoms with van der Waals surface area (Å²) in [5, 5.41) is -27.1. The fourth-order valence-electron chi connectivity index (χ4n) is 2.67. The lowest BCUT2D eigenvalue weighted by molar-refractivity contribution is -0.101. The fraction of sp³-hybridized carbons (Fsp3) is 0.250. The van der Waals surface area contributed by atoms with Crippen LogP contribution in [0.3, 0.4) is 0 Å². The lowest BCUT2D eigenvalue weighted by atomic mass is 10.3. The summed E-state index contributed by atoms with van der Waals surface area (Å²) in [5.74, 6) is -13.5. The van der Waals surface area contributed by atoms with Gasteiger partial charge in [0, 0.05) is 0 Å². The summed E-state index contributed by atoms with van der Waals surface area (Å²) < 4.78 is 289. The van der Waals surface area contributed by atoms with Crippen molar-refractivity contribution in [3.05, 3.63) is 47.5 Å². The lowest BCUT2D eigenvalue weighted by Gasteiger charge is -2.24. The van der Waals surface area contributed by atoms with Crippen molar-refractivity contribution in [2.24, 2.45) is 0 Å². The second-order valence-electron chi connectivity index (χ2n) is 7.77. The third-order valence-electron chi connectivity index (χ3n) is 4.86. The van der Waals surface area contributed by atoms with Crippen LogP contribution in [0.25, 0.3) is 0 Å². The first-order chi connectivity index (χ1) is 19.7. The van der Waals surface area contributed by atoms with Gasteiger partial charge in [0.2, 0.25) is 15.6 Å². The second-order valence-corrected chi connectivity index (χ2v) is 15.7. The van der Waals surface area contributed by atoms with Crippen LogP contribution in [0.2, 0.25) is 0 Å². The van der Waals surface area contributed by atoms with Crippen LogP contribution < -0.4 is 4.18 Å². The third-order valence-corrected chi connectivity index (χ3v) is 11.5. The van der Waals surface area contributed by atoms with Crippen LogP contribution in [0.5, 0.6) is 5.75 Å². The van der Waals surface area contributed by atoms with Crippen molar-refractivity contribution in [3.8, 4) is 5.75 Å². The highest BCUT2D eigenvalue weighted by Crippen LogP contribution is 2.46. The Labute approximate surface area is 243 Å². The van der Waals surface area contributed by atoms with Crippen molar-refractivity contribution in [1.29, 1.82) is 0 Å². The number of halogens is 12. The van der Waals surface area contributed by atoms with Gasteiger partial charge >= 0.3 is 41.3 Å². The molecule has 0 aliphatic carbocycles. The molecule has 0 radical (unpaired) electrons. The van der Waals surface area contributed by atoms with E-state index in [0.717, 1.165) is 0 Å². The maximum absolute atomic E-state index is 14.5. The van der Waals surface area contributed by atoms with Crippen LogP contribution in [-0.4, -0.2) is 68.0 Å². The quantitative estimate of drug-likeness (QED) is 0.250. The Morgan fingerprint density at radius 1 is 0.578 bits per heavy atom. The molecule has 45 heavy (non-hydrogen) atoms. The van der Waals surface area contributed by atoms with Crippen molar-refractivity contribution < 1.29 is 104 Å². The monoisotopic (exact) mass is 778 g/mol. The predicted octanol–water partition coefficient (Wildman–Crippen LogP) is 3.04. The molecule has 256 valence electrons. The summed E-state index contributed by atoms with van der Waals surface area (Å²) in [6, 6.07) is -2.57. The number of alkyl halides is 8. The Hall–Kier alpha value is -2.73. The molecule has 0 heterocycles. The molecule has 0 bridgehead atoms. The Bertz CT molecular complexity index is 1980. The van der Waals surface area contributed by atoms with Gasteiger partial charge in [0.15, 0.2) is 11.6 Å². The van der Waals surface area contributed by atoms with Crippen LogP contribution >= 0.6 is 0 Å². The molecule has 29 heteroatoms. The molecule has 0 saturated heterocycles. The zero-order valence-electron chi connectivity index (χ0n) is 19.9. The summed E-state index contributed by atoms with van der Waals surface area (Å²) in [7, 11) is -27.7. The molecule has 0 aliphatic rings. The fourth-order valence-corrected chi connectivity index (χ4v) is 7.55. The number of benzene rings is 2. The van der Waals surface area contributed by atoms with Crippen LogP contribution in [0.4, 0.5) is 52.7 Å². The standard InChI is InChI=1S/C16H6F12O12S5/c17-7-1-5(2-8(18)11(7)40-41(29)13(21,22)14(23,24)44(34,35)36)42(30,31)6-3-9(19)12(10(20)4-6)43(32,33)15(25,26)16(27,28)45(37,38)39/h1-4H,(H,34,35,36)(H,37,38,39). The molecule has 1 unspecified atom stereocenters. The van der Waals surface area contributed by atoms with Crippen LogP contribution in [-0.2, 0) is 51.0 Å². The molecule has 2 N–H and O–H groups in total. The molecule has 0 spiro atoms. The maximum atomic E-state index is 14.5. The van der Waals surface area contributed by atoms with Gasteiger partial charge in [0.25, 0.3) is 20.9 Å². The molecule has 0 amide bonds. The highest BCUT2D eigenvalue weighted by molar-refractivity contribution is 7.95. The molecular weight excluding hydrogens is 772 g/mol. The molecule has 2 rings (SSSR count). The SMILES string of the molecule is O=S(Oc1c(F)cc(S(=O)(=O)c2cc(F)c(S(=O)(=O)C(F)(F)C(F)(F)S(=O)(=O)O)c(F)c2)cc1F)C(F)(F)C(F)(F)S(=O)(=O)O. The van der Waals surface area contributed by atoms with Gasteiger partial charge in [-0.2, -0.15) is 52.0 Å². The minimum Gasteiger partial charge on any atom is -0.390 e. The first-order valence-electron chi connectivity index (χ1n) is 9.74. The minimum absolute atomic E-state index is 0.536. The van der Waals surface area contributed by atoms with Gasteiger partial charge in [0.05, 0.1) is 9.79 Å². The molecule has 1 atom stereocenters. The molecular formula is C16H6F12O12S5. The Morgan fingerprint density at radius 2 is 0.911 bits per heavy atom. The molecule has 0 saturated carbocycles. The highest BCUT2D eigenvalue weighted by Gasteiger charge is 2.74. The number of rotatable bonds is 11. The van der Waals surface area contributed by atoms with Gasteiger partial charge in [0.1, 0.15) is 16.5 Å². The van der Waals surface area contributed by atoms with Crippen LogP contribution in [0.1, 0.15) is 0 Å². The van der Waals surface area contributed by atoms with E-state index in [-0.39, 0.29) is 0 Å². The Balaban J connectivity index is 2.65. The summed E-state index contributed by atoms with van der Waals surface area (Å²) in [6.45, 7) is 0. The highest BCUT2D eigenvalue weighted by atomic mass is 32.2. The Morgan fingerprint density at radius 3 is 1.24 bits per heavy atom. The predicted molar refractivity (Wildman–Crippen MR) is 117 cm³/mol. The van der Waals surface area contributed by atoms with E-state index in [0.29, 0.717) is 0 Å². The minimum atomic E-state index is -7.53. The van der Waals surface area contributed by atoms with E-state index in [2.05, 4.69) is 4.18 Å². The maximum Gasteiger partial charge on any atom is 0.448 e. The summed E-state index contributed by atoms with van der Waals surface area (Å²) in [6.07, 6.45) is 0. The van der Waals surface area contributed by atoms with Gasteiger partial charge in [-0.1, -0.05) is 0 Å². The average Bonchev–Trinajstić information content (AvgIpc) is 2.83. The molecule has 2 aromatic carbocycles. The molecule has 2 aromatic rings. The van der Waals surface area contributed by atoms with E-state index in [9.17, 15) is 90.6 Å². The van der Waals surface area contributed by atoms with Crippen molar-refractivity contribution >= 4 is 51.0 Å². The number of sulfone groups is 2. The van der Waals surface area contributed by atoms with Gasteiger partial charge in [-0.3, -0.25) is 9.11 Å². The average molecular weight is 779 g/mol. The smallest absolute Gasteiger partial charge is 0.390 e. The molecule has 12 nitrogen and oxygen atoms in total. The normalized spacial score (nSPS) is 15.2. The largest absolute Gasteiger partial charge is 0.448 e. The van der Waals surface area contributed by atoms with E-state index in [4.69, 9.17) is 9.11 Å². The van der Waals surface area contributed by atoms with Gasteiger partial charge < -0.3 is 4.18 Å². The summed E-state index contributed by atoms with van der Waals surface area (Å²) in [5.41, 5.74) is 0. The van der Waals surface area contributed by atoms with Crippen LogP contribution in [0.15, 0.2) is 39.0 Å². The number of hydrogen-bond donors (Lipinski definition) is 2. The zero-order chi connectivity index (χ0) is 35.7. The topological polar surface area (TPSA) is 203 Å². The molecule has 0 aliphatic heterocycles. The van der Waals surface area contributed by atoms with E-state index in [1.165, 1.54) is 0 Å². The van der Waals surface area contributed by atoms with Gasteiger partial charge in [-0.05, 0) is 24.3 Å². The van der Waals surface area contributed by atoms with E-state index in [1.807, 2.05) is 0 Å². The van der Waals surface area contributed by atoms with Gasteiger partial charge in [-0.15, -0.1) is 0 Å². The zero-order valence-corrected chi connectivity index (χ0v) is 23.9. The first kappa shape index (κ1) is 38.5. The van der Waals surface area contributed by atoms with E-state index >= 15 is 0 Å². The van der Waals surface area contributed by atoms with E-state index in [1.54, 1.807) is 0 Å². The van der Waals surface area contributed by atoms with Crippen molar-refractivity contribution in [2.75, 3.05) is 0 Å². The second kappa shape index (κ2) is 11.2. The van der Waals surface area contributed by atoms with Crippen molar-refractivity contribution in [3.63, 3.8) is 0 Å².